The fraction of sp³-hybridized carbons (Fsp3) is 0.278. The van der Waals surface area contributed by atoms with E-state index < -0.39 is 5.82 Å². The zero-order valence-electron chi connectivity index (χ0n) is 13.7. The number of nitrogens with zero attached hydrogens (tertiary/aromatic N) is 2. The van der Waals surface area contributed by atoms with Gasteiger partial charge in [-0.25, -0.2) is 9.38 Å². The summed E-state index contributed by atoms with van der Waals surface area (Å²) in [6.45, 7) is 6.86. The molecule has 0 radical (unpaired) electrons. The van der Waals surface area contributed by atoms with Gasteiger partial charge in [0.05, 0.1) is 17.0 Å². The van der Waals surface area contributed by atoms with Crippen LogP contribution in [0.15, 0.2) is 35.3 Å². The van der Waals surface area contributed by atoms with Gasteiger partial charge in [-0.15, -0.1) is 0 Å². The average molecular weight is 335 g/mol. The molecular weight excluding hydrogens is 315 g/mol. The minimum Gasteiger partial charge on any atom is -0.457 e. The van der Waals surface area contributed by atoms with Gasteiger partial charge in [0.2, 0.25) is 0 Å². The normalized spacial score (nSPS) is 11.0. The summed E-state index contributed by atoms with van der Waals surface area (Å²) in [6.07, 6.45) is 1.80. The quantitative estimate of drug-likeness (QED) is 0.532. The minimum absolute atomic E-state index is 0.0787. The van der Waals surface area contributed by atoms with Crippen molar-refractivity contribution in [2.24, 2.45) is 4.99 Å². The van der Waals surface area contributed by atoms with Crippen molar-refractivity contribution in [2.45, 2.75) is 20.8 Å². The third-order valence-electron chi connectivity index (χ3n) is 3.51. The highest BCUT2D eigenvalue weighted by Gasteiger charge is 2.08. The van der Waals surface area contributed by atoms with E-state index in [2.05, 4.69) is 11.9 Å². The second kappa shape index (κ2) is 7.47. The number of ether oxygens (including phenoxy) is 1. The molecule has 0 atom stereocenters. The standard InChI is InChI=1S/C18H20ClFN2O/c1-5-22(4)11-21-17-8-13(3)18(9-12(17)2)23-14-6-7-15(19)16(20)10-14/h6-11H,5H2,1-4H3. The summed E-state index contributed by atoms with van der Waals surface area (Å²) in [7, 11) is 1.97. The molecule has 0 unspecified atom stereocenters. The molecule has 0 aliphatic carbocycles. The lowest BCUT2D eigenvalue weighted by Gasteiger charge is -2.13. The summed E-state index contributed by atoms with van der Waals surface area (Å²) in [5, 5.41) is 0.0787. The Balaban J connectivity index is 2.25. The number of hydrogen-bond acceptors (Lipinski definition) is 2. The molecule has 23 heavy (non-hydrogen) atoms. The Morgan fingerprint density at radius 1 is 1.22 bits per heavy atom. The summed E-state index contributed by atoms with van der Waals surface area (Å²) in [4.78, 5) is 6.47. The highest BCUT2D eigenvalue weighted by Crippen LogP contribution is 2.32. The van der Waals surface area contributed by atoms with Crippen LogP contribution < -0.4 is 4.74 Å². The van der Waals surface area contributed by atoms with E-state index in [1.54, 1.807) is 12.4 Å². The Labute approximate surface area is 141 Å². The molecule has 0 saturated carbocycles. The second-order valence-electron chi connectivity index (χ2n) is 5.40. The highest BCUT2D eigenvalue weighted by atomic mass is 35.5. The van der Waals surface area contributed by atoms with Gasteiger partial charge in [-0.05, 0) is 56.2 Å². The van der Waals surface area contributed by atoms with E-state index in [1.807, 2.05) is 37.9 Å². The van der Waals surface area contributed by atoms with Gasteiger partial charge in [0, 0.05) is 19.7 Å². The molecule has 2 aromatic carbocycles. The van der Waals surface area contributed by atoms with Crippen LogP contribution in [0.25, 0.3) is 0 Å². The molecule has 3 nitrogen and oxygen atoms in total. The monoisotopic (exact) mass is 334 g/mol. The van der Waals surface area contributed by atoms with Crippen LogP contribution in [0.3, 0.4) is 0 Å². The third-order valence-corrected chi connectivity index (χ3v) is 3.81. The zero-order valence-corrected chi connectivity index (χ0v) is 14.5. The van der Waals surface area contributed by atoms with Crippen molar-refractivity contribution in [3.8, 4) is 11.5 Å². The molecule has 2 aromatic rings. The molecule has 0 fully saturated rings. The molecule has 122 valence electrons. The van der Waals surface area contributed by atoms with Crippen molar-refractivity contribution in [3.63, 3.8) is 0 Å². The number of aliphatic imine (C=N–C) groups is 1. The molecule has 2 rings (SSSR count). The van der Waals surface area contributed by atoms with Crippen molar-refractivity contribution in [3.05, 3.63) is 52.3 Å². The lowest BCUT2D eigenvalue weighted by Crippen LogP contribution is -2.14. The van der Waals surface area contributed by atoms with Crippen molar-refractivity contribution in [1.82, 2.24) is 4.90 Å². The molecule has 0 amide bonds. The molecule has 0 spiro atoms. The maximum Gasteiger partial charge on any atom is 0.145 e. The van der Waals surface area contributed by atoms with E-state index in [0.29, 0.717) is 11.5 Å². The average Bonchev–Trinajstić information content (AvgIpc) is 2.52. The van der Waals surface area contributed by atoms with Crippen molar-refractivity contribution in [2.75, 3.05) is 13.6 Å². The van der Waals surface area contributed by atoms with E-state index in [0.717, 1.165) is 23.4 Å². The SMILES string of the molecule is CCN(C)C=Nc1cc(C)c(Oc2ccc(Cl)c(F)c2)cc1C. The van der Waals surface area contributed by atoms with Gasteiger partial charge in [-0.1, -0.05) is 11.6 Å². The van der Waals surface area contributed by atoms with Gasteiger partial charge in [-0.2, -0.15) is 0 Å². The maximum absolute atomic E-state index is 13.5. The fourth-order valence-electron chi connectivity index (χ4n) is 1.93. The molecule has 5 heteroatoms. The summed E-state index contributed by atoms with van der Waals surface area (Å²) >= 11 is 5.68. The molecule has 0 aliphatic heterocycles. The topological polar surface area (TPSA) is 24.8 Å². The first-order valence-corrected chi connectivity index (χ1v) is 7.77. The summed E-state index contributed by atoms with van der Waals surface area (Å²) in [5.41, 5.74) is 2.80. The largest absolute Gasteiger partial charge is 0.457 e. The van der Waals surface area contributed by atoms with Gasteiger partial charge in [0.15, 0.2) is 0 Å². The number of halogens is 2. The van der Waals surface area contributed by atoms with E-state index in [1.165, 1.54) is 12.1 Å². The number of rotatable bonds is 5. The van der Waals surface area contributed by atoms with Crippen molar-refractivity contribution >= 4 is 23.6 Å². The molecule has 0 saturated heterocycles. The van der Waals surface area contributed by atoms with E-state index >= 15 is 0 Å². The molecule has 0 aromatic heterocycles. The van der Waals surface area contributed by atoms with Crippen LogP contribution in [0.5, 0.6) is 11.5 Å². The Kier molecular flexibility index (Phi) is 5.61. The maximum atomic E-state index is 13.5. The van der Waals surface area contributed by atoms with Crippen LogP contribution >= 0.6 is 11.6 Å². The number of aryl methyl sites for hydroxylation is 2. The molecule has 0 heterocycles. The van der Waals surface area contributed by atoms with E-state index in [9.17, 15) is 4.39 Å². The first-order valence-electron chi connectivity index (χ1n) is 7.39. The van der Waals surface area contributed by atoms with Crippen LogP contribution in [0, 0.1) is 19.7 Å². The van der Waals surface area contributed by atoms with Gasteiger partial charge in [0.1, 0.15) is 17.3 Å². The second-order valence-corrected chi connectivity index (χ2v) is 5.81. The summed E-state index contributed by atoms with van der Waals surface area (Å²) in [5.74, 6) is 0.589. The first kappa shape index (κ1) is 17.3. The molecule has 0 bridgehead atoms. The molecule has 0 N–H and O–H groups in total. The first-order chi connectivity index (χ1) is 10.9. The Morgan fingerprint density at radius 3 is 2.61 bits per heavy atom. The van der Waals surface area contributed by atoms with Gasteiger partial charge in [-0.3, -0.25) is 0 Å². The summed E-state index contributed by atoms with van der Waals surface area (Å²) in [6, 6.07) is 8.26. The lowest BCUT2D eigenvalue weighted by molar-refractivity contribution is 0.473. The smallest absolute Gasteiger partial charge is 0.145 e. The van der Waals surface area contributed by atoms with Crippen LogP contribution in [-0.2, 0) is 0 Å². The summed E-state index contributed by atoms with van der Waals surface area (Å²) < 4.78 is 19.3. The van der Waals surface area contributed by atoms with Crippen LogP contribution in [0.1, 0.15) is 18.1 Å². The number of benzene rings is 2. The van der Waals surface area contributed by atoms with E-state index in [4.69, 9.17) is 16.3 Å². The van der Waals surface area contributed by atoms with Crippen LogP contribution in [0.4, 0.5) is 10.1 Å². The van der Waals surface area contributed by atoms with Crippen molar-refractivity contribution < 1.29 is 9.13 Å². The van der Waals surface area contributed by atoms with Crippen LogP contribution in [0.2, 0.25) is 5.02 Å². The zero-order chi connectivity index (χ0) is 17.0. The third kappa shape index (κ3) is 4.45. The lowest BCUT2D eigenvalue weighted by atomic mass is 10.1. The minimum atomic E-state index is -0.498. The Bertz CT molecular complexity index is 731. The van der Waals surface area contributed by atoms with E-state index in [-0.39, 0.29) is 5.02 Å². The molecular formula is C18H20ClFN2O. The van der Waals surface area contributed by atoms with Crippen LogP contribution in [-0.4, -0.2) is 24.8 Å². The molecule has 0 aliphatic rings. The van der Waals surface area contributed by atoms with Gasteiger partial charge >= 0.3 is 0 Å². The number of hydrogen-bond donors (Lipinski definition) is 0. The predicted molar refractivity (Wildman–Crippen MR) is 93.9 cm³/mol. The van der Waals surface area contributed by atoms with Crippen molar-refractivity contribution in [1.29, 1.82) is 0 Å². The fourth-order valence-corrected chi connectivity index (χ4v) is 2.05. The Morgan fingerprint density at radius 2 is 1.96 bits per heavy atom. The van der Waals surface area contributed by atoms with Gasteiger partial charge < -0.3 is 9.64 Å². The highest BCUT2D eigenvalue weighted by molar-refractivity contribution is 6.30. The van der Waals surface area contributed by atoms with Gasteiger partial charge in [0.25, 0.3) is 0 Å². The Hall–Kier alpha value is -2.07. The predicted octanol–water partition coefficient (Wildman–Crippen LogP) is 5.50.